The van der Waals surface area contributed by atoms with Crippen LogP contribution in [0.1, 0.15) is 84.1 Å². The predicted molar refractivity (Wildman–Crippen MR) is 199 cm³/mol. The van der Waals surface area contributed by atoms with E-state index in [4.69, 9.17) is 25.9 Å². The van der Waals surface area contributed by atoms with Crippen molar-refractivity contribution in [2.75, 3.05) is 26.4 Å². The average molecular weight is 683 g/mol. The molecule has 0 aromatic carbocycles. The van der Waals surface area contributed by atoms with Crippen LogP contribution >= 0.6 is 0 Å². The van der Waals surface area contributed by atoms with Gasteiger partial charge < -0.3 is 31.0 Å². The molecule has 0 saturated carbocycles. The molecule has 0 saturated heterocycles. The van der Waals surface area contributed by atoms with Gasteiger partial charge in [-0.2, -0.15) is 0 Å². The summed E-state index contributed by atoms with van der Waals surface area (Å²) >= 11 is 0. The topological polar surface area (TPSA) is 75.6 Å². The Morgan fingerprint density at radius 2 is 0.951 bits per heavy atom. The number of ether oxygens (including phenoxy) is 2. The monoisotopic (exact) mass is 682 g/mol. The van der Waals surface area contributed by atoms with Gasteiger partial charge in [-0.25, -0.2) is 0 Å². The molecule has 260 valence electrons. The fourth-order valence-corrected chi connectivity index (χ4v) is 27.9. The Morgan fingerprint density at radius 3 is 1.34 bits per heavy atom. The molecule has 0 rings (SSSR count). The van der Waals surface area contributed by atoms with Gasteiger partial charge in [-0.1, -0.05) is 58.4 Å². The molecule has 0 aliphatic heterocycles. The summed E-state index contributed by atoms with van der Waals surface area (Å²) < 4.78 is 38.8. The lowest BCUT2D eigenvalue weighted by molar-refractivity contribution is 0.0349. The highest BCUT2D eigenvalue weighted by Crippen LogP contribution is 2.31. The summed E-state index contributed by atoms with van der Waals surface area (Å²) in [5, 5.41) is 9.79. The minimum atomic E-state index is -2.65. The minimum Gasteiger partial charge on any atom is -0.437 e. The lowest BCUT2D eigenvalue weighted by Gasteiger charge is -2.44. The lowest BCUT2D eigenvalue weighted by atomic mass is 10.3. The van der Waals surface area contributed by atoms with Gasteiger partial charge in [0.05, 0.1) is 12.7 Å². The zero-order valence-electron chi connectivity index (χ0n) is 25.0. The van der Waals surface area contributed by atoms with E-state index in [0.29, 0.717) is 19.6 Å². The molecule has 0 amide bonds. The van der Waals surface area contributed by atoms with Crippen molar-refractivity contribution in [1.82, 2.24) is 0 Å². The summed E-state index contributed by atoms with van der Waals surface area (Å²) in [6.07, 6.45) is 3.09. The molecular formula is C29H82O7Si5. The number of aliphatic hydroxyl groups excluding tert-OH is 1. The largest absolute Gasteiger partial charge is 0.437 e. The van der Waals surface area contributed by atoms with Crippen LogP contribution in [0.25, 0.3) is 0 Å². The van der Waals surface area contributed by atoms with E-state index in [-0.39, 0.29) is 44.6 Å². The molecule has 0 aromatic heterocycles. The second-order valence-corrected chi connectivity index (χ2v) is 32.3. The quantitative estimate of drug-likeness (QED) is 0.0954. The van der Waals surface area contributed by atoms with Gasteiger partial charge in [0, 0.05) is 19.8 Å². The van der Waals surface area contributed by atoms with Gasteiger partial charge in [0.2, 0.25) is 0 Å². The highest BCUT2D eigenvalue weighted by molar-refractivity contribution is 6.90. The van der Waals surface area contributed by atoms with Crippen LogP contribution in [0.5, 0.6) is 0 Å². The summed E-state index contributed by atoms with van der Waals surface area (Å²) in [7, 11) is -11.2. The van der Waals surface area contributed by atoms with Gasteiger partial charge in [0.25, 0.3) is 0 Å². The highest BCUT2D eigenvalue weighted by Gasteiger charge is 2.48. The number of rotatable bonds is 21. The molecule has 0 aromatic rings. The van der Waals surface area contributed by atoms with Crippen molar-refractivity contribution < 1.29 is 31.0 Å². The first-order chi connectivity index (χ1) is 15.8. The van der Waals surface area contributed by atoms with E-state index in [9.17, 15) is 5.11 Å². The highest BCUT2D eigenvalue weighted by atomic mass is 28.5. The summed E-state index contributed by atoms with van der Waals surface area (Å²) in [5.74, 6) is 0. The molecule has 3 atom stereocenters. The SMILES string of the molecule is C.C.C.C.C.C.CCCOCCC[Si](C)(O[Si](C)(C)C)O[Si](C)(CCCOCC(O)CC)O[Si](C)(C)O[Si](C)(C)C. The molecule has 0 aliphatic rings. The smallest absolute Gasteiger partial charge is 0.317 e. The maximum absolute atomic E-state index is 9.79. The van der Waals surface area contributed by atoms with E-state index in [1.54, 1.807) is 0 Å². The fourth-order valence-electron chi connectivity index (χ4n) is 4.20. The third kappa shape index (κ3) is 32.0. The second-order valence-electron chi connectivity index (χ2n) is 12.3. The van der Waals surface area contributed by atoms with Gasteiger partial charge in [-0.15, -0.1) is 0 Å². The molecule has 7 nitrogen and oxygen atoms in total. The van der Waals surface area contributed by atoms with Crippen LogP contribution in [-0.2, 0) is 25.9 Å². The van der Waals surface area contributed by atoms with Crippen molar-refractivity contribution in [3.63, 3.8) is 0 Å². The van der Waals surface area contributed by atoms with Crippen LogP contribution in [0.2, 0.25) is 77.6 Å². The summed E-state index contributed by atoms with van der Waals surface area (Å²) in [4.78, 5) is 0. The molecule has 0 spiro atoms. The van der Waals surface area contributed by atoms with Crippen molar-refractivity contribution in [3.8, 4) is 0 Å². The van der Waals surface area contributed by atoms with Gasteiger partial charge in [0.15, 0.2) is 16.6 Å². The molecule has 12 heteroatoms. The maximum Gasteiger partial charge on any atom is 0.317 e. The Labute approximate surface area is 266 Å². The van der Waals surface area contributed by atoms with Crippen LogP contribution in [0.15, 0.2) is 0 Å². The van der Waals surface area contributed by atoms with Gasteiger partial charge in [0.1, 0.15) is 0 Å². The van der Waals surface area contributed by atoms with E-state index in [1.807, 2.05) is 6.92 Å². The average Bonchev–Trinajstić information content (AvgIpc) is 2.62. The third-order valence-electron chi connectivity index (χ3n) is 4.94. The van der Waals surface area contributed by atoms with Gasteiger partial charge in [-0.05, 0) is 103 Å². The lowest BCUT2D eigenvalue weighted by Crippen LogP contribution is -2.60. The van der Waals surface area contributed by atoms with Crippen molar-refractivity contribution in [1.29, 1.82) is 0 Å². The number of hydrogen-bond donors (Lipinski definition) is 1. The Morgan fingerprint density at radius 1 is 0.537 bits per heavy atom. The Kier molecular flexibility index (Phi) is 36.5. The van der Waals surface area contributed by atoms with E-state index in [2.05, 4.69) is 72.4 Å². The molecule has 0 fully saturated rings. The number of aliphatic hydroxyl groups is 1. The van der Waals surface area contributed by atoms with E-state index in [0.717, 1.165) is 44.6 Å². The van der Waals surface area contributed by atoms with Gasteiger partial charge >= 0.3 is 25.7 Å². The summed E-state index contributed by atoms with van der Waals surface area (Å²) in [5.41, 5.74) is 0. The first kappa shape index (κ1) is 57.5. The second kappa shape index (κ2) is 26.1. The molecule has 3 unspecified atom stereocenters. The third-order valence-corrected chi connectivity index (χ3v) is 23.2. The zero-order valence-corrected chi connectivity index (χ0v) is 30.0. The Balaban J connectivity index is -0.000000385. The molecule has 0 aliphatic carbocycles. The molecular weight excluding hydrogens is 601 g/mol. The van der Waals surface area contributed by atoms with Crippen molar-refractivity contribution >= 4 is 42.3 Å². The number of hydrogen-bond acceptors (Lipinski definition) is 7. The Bertz CT molecular complexity index is 575. The molecule has 41 heavy (non-hydrogen) atoms. The molecule has 0 bridgehead atoms. The first-order valence-electron chi connectivity index (χ1n) is 13.5. The molecule has 1 N–H and O–H groups in total. The first-order valence-corrected chi connectivity index (χ1v) is 28.2. The maximum atomic E-state index is 9.79. The van der Waals surface area contributed by atoms with Crippen LogP contribution in [0, 0.1) is 0 Å². The van der Waals surface area contributed by atoms with E-state index >= 15 is 0 Å². The molecule has 0 heterocycles. The Hall–Kier alpha value is 0.804. The zero-order chi connectivity index (χ0) is 27.4. The van der Waals surface area contributed by atoms with Crippen LogP contribution in [0.4, 0.5) is 0 Å². The van der Waals surface area contributed by atoms with E-state index < -0.39 is 48.4 Å². The van der Waals surface area contributed by atoms with Crippen LogP contribution in [0.3, 0.4) is 0 Å². The standard InChI is InChI=1S/C23H58O7Si5.6CH4/c1-13-17-25-18-15-20-34(11,28-32(6,7)8)30-35(12,21-16-19-26-22-23(24)14-2)29-33(9,10)27-31(3,4)5;;;;;;/h23-24H,13-22H2,1-12H3;6*1H4. The van der Waals surface area contributed by atoms with E-state index in [1.165, 1.54) is 0 Å². The normalized spacial score (nSPS) is 15.1. The van der Waals surface area contributed by atoms with Crippen molar-refractivity contribution in [2.45, 2.75) is 168 Å². The fraction of sp³-hybridized carbons (Fsp3) is 1.00. The van der Waals surface area contributed by atoms with Crippen molar-refractivity contribution in [3.05, 3.63) is 0 Å². The summed E-state index contributed by atoms with van der Waals surface area (Å²) in [6, 6.07) is 1.70. The summed E-state index contributed by atoms with van der Waals surface area (Å²) in [6.45, 7) is 28.6. The minimum absolute atomic E-state index is 0. The van der Waals surface area contributed by atoms with Crippen molar-refractivity contribution in [2.24, 2.45) is 0 Å². The van der Waals surface area contributed by atoms with Crippen LogP contribution < -0.4 is 0 Å². The molecule has 0 radical (unpaired) electrons. The van der Waals surface area contributed by atoms with Gasteiger partial charge in [-0.3, -0.25) is 0 Å². The van der Waals surface area contributed by atoms with Crippen LogP contribution in [-0.4, -0.2) is 80.0 Å². The predicted octanol–water partition coefficient (Wildman–Crippen LogP) is 10.4.